The lowest BCUT2D eigenvalue weighted by molar-refractivity contribution is -0.155. The van der Waals surface area contributed by atoms with E-state index in [1.54, 1.807) is 0 Å². The second-order valence-corrected chi connectivity index (χ2v) is 3.25. The van der Waals surface area contributed by atoms with E-state index < -0.39 is 5.97 Å². The molecule has 1 fully saturated rings. The molecule has 0 spiro atoms. The van der Waals surface area contributed by atoms with Gasteiger partial charge in [-0.3, -0.25) is 9.69 Å². The summed E-state index contributed by atoms with van der Waals surface area (Å²) in [7, 11) is 1.26. The van der Waals surface area contributed by atoms with Crippen molar-refractivity contribution in [2.75, 3.05) is 7.11 Å². The molecule has 1 amide bonds. The summed E-state index contributed by atoms with van der Waals surface area (Å²) < 4.78 is 4.52. The van der Waals surface area contributed by atoms with Crippen LogP contribution in [0, 0.1) is 5.92 Å². The van der Waals surface area contributed by atoms with Crippen LogP contribution >= 0.6 is 0 Å². The van der Waals surface area contributed by atoms with Gasteiger partial charge in [-0.1, -0.05) is 19.2 Å². The Morgan fingerprint density at radius 2 is 2.14 bits per heavy atom. The first-order valence-electron chi connectivity index (χ1n) is 4.36. The van der Waals surface area contributed by atoms with E-state index in [1.165, 1.54) is 12.0 Å². The normalized spacial score (nSPS) is 25.1. The molecule has 4 nitrogen and oxygen atoms in total. The second kappa shape index (κ2) is 3.68. The highest BCUT2D eigenvalue weighted by atomic mass is 16.5. The van der Waals surface area contributed by atoms with Crippen molar-refractivity contribution < 1.29 is 14.3 Å². The molecular weight excluding hydrogens is 182 g/mol. The number of esters is 1. The van der Waals surface area contributed by atoms with Gasteiger partial charge in [0.15, 0.2) is 5.70 Å². The Morgan fingerprint density at radius 1 is 1.57 bits per heavy atom. The van der Waals surface area contributed by atoms with Crippen molar-refractivity contribution >= 4 is 11.9 Å². The first-order chi connectivity index (χ1) is 6.54. The van der Waals surface area contributed by atoms with Gasteiger partial charge >= 0.3 is 5.97 Å². The van der Waals surface area contributed by atoms with E-state index in [4.69, 9.17) is 0 Å². The van der Waals surface area contributed by atoms with Crippen molar-refractivity contribution in [1.82, 2.24) is 4.90 Å². The van der Waals surface area contributed by atoms with Gasteiger partial charge in [-0.2, -0.15) is 0 Å². The number of hydrogen-bond donors (Lipinski definition) is 0. The number of hydrogen-bond acceptors (Lipinski definition) is 3. The molecule has 4 heteroatoms. The first-order valence-corrected chi connectivity index (χ1v) is 4.36. The van der Waals surface area contributed by atoms with Crippen molar-refractivity contribution in [3.05, 3.63) is 18.0 Å². The maximum absolute atomic E-state index is 11.4. The van der Waals surface area contributed by atoms with Gasteiger partial charge in [-0.15, -0.1) is 0 Å². The molecule has 0 saturated carbocycles. The Hall–Kier alpha value is -1.54. The molecule has 76 valence electrons. The van der Waals surface area contributed by atoms with Crippen LogP contribution in [-0.4, -0.2) is 29.9 Å². The van der Waals surface area contributed by atoms with Crippen molar-refractivity contribution in [2.45, 2.75) is 19.9 Å². The third kappa shape index (κ3) is 1.34. The second-order valence-electron chi connectivity index (χ2n) is 3.25. The molecule has 0 N–H and O–H groups in total. The van der Waals surface area contributed by atoms with E-state index in [0.29, 0.717) is 0 Å². The third-order valence-corrected chi connectivity index (χ3v) is 2.54. The summed E-state index contributed by atoms with van der Waals surface area (Å²) in [5.74, 6) is -0.718. The predicted molar refractivity (Wildman–Crippen MR) is 50.1 cm³/mol. The highest BCUT2D eigenvalue weighted by Gasteiger charge is 2.44. The molecule has 0 radical (unpaired) electrons. The number of rotatable bonds is 2. The summed E-state index contributed by atoms with van der Waals surface area (Å²) >= 11 is 0. The minimum absolute atomic E-state index is 0.00542. The van der Waals surface area contributed by atoms with Gasteiger partial charge in [0.1, 0.15) is 0 Å². The maximum Gasteiger partial charge on any atom is 0.363 e. The van der Waals surface area contributed by atoms with Crippen molar-refractivity contribution in [2.24, 2.45) is 5.92 Å². The molecule has 0 aliphatic carbocycles. The number of ether oxygens (including phenoxy) is 1. The first kappa shape index (κ1) is 10.5. The number of methoxy groups -OCH3 is 1. The van der Waals surface area contributed by atoms with Crippen LogP contribution in [0.5, 0.6) is 0 Å². The third-order valence-electron chi connectivity index (χ3n) is 2.54. The monoisotopic (exact) mass is 195 g/mol. The van der Waals surface area contributed by atoms with Gasteiger partial charge in [0.2, 0.25) is 5.91 Å². The van der Waals surface area contributed by atoms with Crippen LogP contribution < -0.4 is 0 Å². The molecule has 0 aromatic heterocycles. The number of carbonyl (C=O) groups excluding carboxylic acids is 2. The molecule has 1 rings (SSSR count). The minimum atomic E-state index is -0.577. The fourth-order valence-corrected chi connectivity index (χ4v) is 1.43. The van der Waals surface area contributed by atoms with Gasteiger partial charge < -0.3 is 4.74 Å². The molecule has 1 aliphatic heterocycles. The Labute approximate surface area is 82.8 Å². The van der Waals surface area contributed by atoms with Crippen molar-refractivity contribution in [3.8, 4) is 0 Å². The average molecular weight is 195 g/mol. The standard InChI is InChI=1S/C10H13NO3/c1-5-8(10(13)14-4)11-7(3)6(2)9(11)12/h6-7H,1H2,2-4H3. The number of amides is 1. The Kier molecular flexibility index (Phi) is 2.77. The smallest absolute Gasteiger partial charge is 0.363 e. The predicted octanol–water partition coefficient (Wildman–Crippen LogP) is 0.695. The lowest BCUT2D eigenvalue weighted by Crippen LogP contribution is -2.58. The highest BCUT2D eigenvalue weighted by Crippen LogP contribution is 2.29. The lowest BCUT2D eigenvalue weighted by Gasteiger charge is -2.43. The van der Waals surface area contributed by atoms with E-state index in [2.05, 4.69) is 17.0 Å². The fourth-order valence-electron chi connectivity index (χ4n) is 1.43. The number of β-lactam (4-membered cyclic amide) rings is 1. The number of likely N-dealkylation sites (tertiary alicyclic amines) is 1. The van der Waals surface area contributed by atoms with Gasteiger partial charge in [-0.25, -0.2) is 4.79 Å². The van der Waals surface area contributed by atoms with Crippen LogP contribution in [0.15, 0.2) is 18.0 Å². The summed E-state index contributed by atoms with van der Waals surface area (Å²) in [4.78, 5) is 24.0. The van der Waals surface area contributed by atoms with E-state index in [-0.39, 0.29) is 23.6 Å². The Balaban J connectivity index is 2.89. The molecule has 14 heavy (non-hydrogen) atoms. The van der Waals surface area contributed by atoms with Crippen LogP contribution in [0.2, 0.25) is 0 Å². The molecule has 1 saturated heterocycles. The van der Waals surface area contributed by atoms with Crippen LogP contribution in [0.3, 0.4) is 0 Å². The topological polar surface area (TPSA) is 46.6 Å². The van der Waals surface area contributed by atoms with Gasteiger partial charge in [0.05, 0.1) is 13.0 Å². The molecule has 1 aliphatic rings. The van der Waals surface area contributed by atoms with E-state index in [9.17, 15) is 9.59 Å². The number of nitrogens with zero attached hydrogens (tertiary/aromatic N) is 1. The molecular formula is C10H13NO3. The highest BCUT2D eigenvalue weighted by molar-refractivity contribution is 5.97. The van der Waals surface area contributed by atoms with Gasteiger partial charge in [-0.05, 0) is 6.92 Å². The maximum atomic E-state index is 11.4. The largest absolute Gasteiger partial charge is 0.464 e. The Morgan fingerprint density at radius 3 is 2.50 bits per heavy atom. The van der Waals surface area contributed by atoms with Crippen molar-refractivity contribution in [3.63, 3.8) is 0 Å². The van der Waals surface area contributed by atoms with Gasteiger partial charge in [0.25, 0.3) is 0 Å². The minimum Gasteiger partial charge on any atom is -0.464 e. The summed E-state index contributed by atoms with van der Waals surface area (Å²) in [6.07, 6.45) is 0. The lowest BCUT2D eigenvalue weighted by atomic mass is 9.90. The quantitative estimate of drug-likeness (QED) is 0.282. The summed E-state index contributed by atoms with van der Waals surface area (Å²) in [6, 6.07) is 0.00542. The van der Waals surface area contributed by atoms with E-state index in [1.807, 2.05) is 13.8 Å². The molecule has 2 atom stereocenters. The molecule has 2 unspecified atom stereocenters. The fraction of sp³-hybridized carbons (Fsp3) is 0.500. The van der Waals surface area contributed by atoms with E-state index in [0.717, 1.165) is 0 Å². The summed E-state index contributed by atoms with van der Waals surface area (Å²) in [5.41, 5.74) is 2.53. The molecule has 0 aromatic rings. The van der Waals surface area contributed by atoms with E-state index >= 15 is 0 Å². The Bertz CT molecular complexity index is 328. The zero-order valence-electron chi connectivity index (χ0n) is 8.53. The zero-order valence-corrected chi connectivity index (χ0v) is 8.53. The summed E-state index contributed by atoms with van der Waals surface area (Å²) in [5, 5.41) is 0. The molecule has 0 bridgehead atoms. The summed E-state index contributed by atoms with van der Waals surface area (Å²) in [6.45, 7) is 7.06. The molecule has 0 aromatic carbocycles. The number of carbonyl (C=O) groups is 2. The zero-order chi connectivity index (χ0) is 10.9. The van der Waals surface area contributed by atoms with Crippen LogP contribution in [0.1, 0.15) is 13.8 Å². The van der Waals surface area contributed by atoms with Crippen LogP contribution in [0.25, 0.3) is 0 Å². The van der Waals surface area contributed by atoms with Crippen molar-refractivity contribution in [1.29, 1.82) is 0 Å². The SMILES string of the molecule is C=C=C(C(=O)OC)N1C(=O)C(C)C1C. The average Bonchev–Trinajstić information content (AvgIpc) is 2.23. The molecule has 1 heterocycles. The van der Waals surface area contributed by atoms with Gasteiger partial charge in [0, 0.05) is 6.04 Å². The van der Waals surface area contributed by atoms with Crippen LogP contribution in [0.4, 0.5) is 0 Å². The van der Waals surface area contributed by atoms with Crippen LogP contribution in [-0.2, 0) is 14.3 Å².